The first-order chi connectivity index (χ1) is 9.72. The van der Waals surface area contributed by atoms with Gasteiger partial charge in [-0.3, -0.25) is 14.8 Å². The summed E-state index contributed by atoms with van der Waals surface area (Å²) in [6, 6.07) is 8.57. The normalized spacial score (nSPS) is 16.6. The lowest BCUT2D eigenvalue weighted by Crippen LogP contribution is -2.49. The molecule has 1 heterocycles. The van der Waals surface area contributed by atoms with Crippen molar-refractivity contribution in [3.05, 3.63) is 35.9 Å². The highest BCUT2D eigenvalue weighted by Crippen LogP contribution is 2.14. The number of piperidine rings is 1. The van der Waals surface area contributed by atoms with Crippen LogP contribution in [0.2, 0.25) is 0 Å². The molecule has 2 amide bonds. The van der Waals surface area contributed by atoms with Crippen LogP contribution >= 0.6 is 0 Å². The van der Waals surface area contributed by atoms with E-state index in [0.29, 0.717) is 31.0 Å². The molecule has 5 heteroatoms. The summed E-state index contributed by atoms with van der Waals surface area (Å²) in [6.45, 7) is 1.41. The Hall–Kier alpha value is -1.88. The molecule has 1 N–H and O–H groups in total. The molecule has 0 bridgehead atoms. The minimum Gasteiger partial charge on any atom is -0.341 e. The number of carbonyl (C=O) groups excluding carboxylic acids is 2. The summed E-state index contributed by atoms with van der Waals surface area (Å²) in [7, 11) is 0. The molecule has 1 aliphatic rings. The van der Waals surface area contributed by atoms with E-state index in [1.54, 1.807) is 4.90 Å². The molecule has 0 aliphatic carbocycles. The zero-order chi connectivity index (χ0) is 14.4. The number of amides is 2. The SMILES string of the molecule is O=CN(O)[C@H](Cc1ccccc1)C(=O)N1CCCCC1. The number of likely N-dealkylation sites (tertiary alicyclic amines) is 1. The van der Waals surface area contributed by atoms with E-state index in [4.69, 9.17) is 0 Å². The maximum absolute atomic E-state index is 12.5. The Balaban J connectivity index is 2.10. The van der Waals surface area contributed by atoms with E-state index in [1.807, 2.05) is 30.3 Å². The molecule has 0 aromatic heterocycles. The van der Waals surface area contributed by atoms with Gasteiger partial charge in [0.25, 0.3) is 0 Å². The predicted molar refractivity (Wildman–Crippen MR) is 74.1 cm³/mol. The first kappa shape index (κ1) is 14.5. The Morgan fingerprint density at radius 3 is 2.50 bits per heavy atom. The van der Waals surface area contributed by atoms with Crippen LogP contribution in [0.3, 0.4) is 0 Å². The third kappa shape index (κ3) is 3.57. The van der Waals surface area contributed by atoms with Crippen LogP contribution in [0.15, 0.2) is 30.3 Å². The summed E-state index contributed by atoms with van der Waals surface area (Å²) in [4.78, 5) is 25.0. The summed E-state index contributed by atoms with van der Waals surface area (Å²) in [5.41, 5.74) is 0.920. The summed E-state index contributed by atoms with van der Waals surface area (Å²) in [6.07, 6.45) is 3.72. The van der Waals surface area contributed by atoms with E-state index in [9.17, 15) is 14.8 Å². The monoisotopic (exact) mass is 276 g/mol. The van der Waals surface area contributed by atoms with E-state index >= 15 is 0 Å². The molecule has 1 aromatic rings. The Morgan fingerprint density at radius 2 is 1.90 bits per heavy atom. The van der Waals surface area contributed by atoms with Gasteiger partial charge < -0.3 is 4.90 Å². The van der Waals surface area contributed by atoms with Crippen molar-refractivity contribution in [2.45, 2.75) is 31.7 Å². The number of hydroxylamine groups is 2. The second-order valence-electron chi connectivity index (χ2n) is 5.08. The molecule has 5 nitrogen and oxygen atoms in total. The molecular formula is C15H20N2O3. The van der Waals surface area contributed by atoms with Gasteiger partial charge in [-0.15, -0.1) is 0 Å². The van der Waals surface area contributed by atoms with Crippen molar-refractivity contribution < 1.29 is 14.8 Å². The Labute approximate surface area is 118 Å². The lowest BCUT2D eigenvalue weighted by Gasteiger charge is -2.32. The molecule has 1 fully saturated rings. The van der Waals surface area contributed by atoms with E-state index in [-0.39, 0.29) is 5.91 Å². The van der Waals surface area contributed by atoms with Crippen LogP contribution in [0.25, 0.3) is 0 Å². The van der Waals surface area contributed by atoms with Crippen LogP contribution in [-0.4, -0.2) is 46.6 Å². The first-order valence-electron chi connectivity index (χ1n) is 6.97. The number of benzene rings is 1. The fourth-order valence-corrected chi connectivity index (χ4v) is 2.53. The van der Waals surface area contributed by atoms with Gasteiger partial charge in [-0.25, -0.2) is 5.06 Å². The van der Waals surface area contributed by atoms with Crippen molar-refractivity contribution in [3.8, 4) is 0 Å². The lowest BCUT2D eigenvalue weighted by atomic mass is 10.0. The predicted octanol–water partition coefficient (Wildman–Crippen LogP) is 1.46. The van der Waals surface area contributed by atoms with Gasteiger partial charge in [-0.05, 0) is 24.8 Å². The molecule has 108 valence electrons. The molecule has 1 atom stereocenters. The highest BCUT2D eigenvalue weighted by Gasteiger charge is 2.29. The molecule has 0 unspecified atom stereocenters. The third-order valence-electron chi connectivity index (χ3n) is 3.65. The number of rotatable bonds is 5. The van der Waals surface area contributed by atoms with Gasteiger partial charge in [0.05, 0.1) is 0 Å². The highest BCUT2D eigenvalue weighted by atomic mass is 16.5. The van der Waals surface area contributed by atoms with Crippen molar-refractivity contribution in [1.29, 1.82) is 0 Å². The lowest BCUT2D eigenvalue weighted by molar-refractivity contribution is -0.172. The standard InChI is InChI=1S/C15H20N2O3/c18-12-17(20)14(11-13-7-3-1-4-8-13)15(19)16-9-5-2-6-10-16/h1,3-4,7-8,12,14,20H,2,5-6,9-11H2/t14-/m1/s1. The molecule has 0 spiro atoms. The third-order valence-corrected chi connectivity index (χ3v) is 3.65. The number of carbonyl (C=O) groups is 2. The van der Waals surface area contributed by atoms with Crippen molar-refractivity contribution in [3.63, 3.8) is 0 Å². The second-order valence-corrected chi connectivity index (χ2v) is 5.08. The average Bonchev–Trinajstić information content (AvgIpc) is 2.53. The van der Waals surface area contributed by atoms with Crippen molar-refractivity contribution in [2.75, 3.05) is 13.1 Å². The number of nitrogens with zero attached hydrogens (tertiary/aromatic N) is 2. The smallest absolute Gasteiger partial charge is 0.248 e. The number of hydrogen-bond acceptors (Lipinski definition) is 3. The molecule has 0 radical (unpaired) electrons. The molecule has 1 aliphatic heterocycles. The van der Waals surface area contributed by atoms with Crippen molar-refractivity contribution in [2.24, 2.45) is 0 Å². The highest BCUT2D eigenvalue weighted by molar-refractivity contribution is 5.83. The van der Waals surface area contributed by atoms with Gasteiger partial charge >= 0.3 is 0 Å². The zero-order valence-corrected chi connectivity index (χ0v) is 11.4. The number of hydrogen-bond donors (Lipinski definition) is 1. The summed E-state index contributed by atoms with van der Waals surface area (Å²) < 4.78 is 0. The first-order valence-corrected chi connectivity index (χ1v) is 6.97. The quantitative estimate of drug-likeness (QED) is 0.503. The van der Waals surface area contributed by atoms with Crippen LogP contribution < -0.4 is 0 Å². The van der Waals surface area contributed by atoms with Crippen LogP contribution in [0.1, 0.15) is 24.8 Å². The van der Waals surface area contributed by atoms with Crippen molar-refractivity contribution >= 4 is 12.3 Å². The second kappa shape index (κ2) is 7.05. The molecule has 0 saturated carbocycles. The Morgan fingerprint density at radius 1 is 1.25 bits per heavy atom. The zero-order valence-electron chi connectivity index (χ0n) is 11.4. The van der Waals surface area contributed by atoms with E-state index in [1.165, 1.54) is 0 Å². The topological polar surface area (TPSA) is 60.9 Å². The maximum Gasteiger partial charge on any atom is 0.248 e. The fourth-order valence-electron chi connectivity index (χ4n) is 2.53. The summed E-state index contributed by atoms with van der Waals surface area (Å²) >= 11 is 0. The fraction of sp³-hybridized carbons (Fsp3) is 0.467. The van der Waals surface area contributed by atoms with E-state index in [0.717, 1.165) is 24.8 Å². The van der Waals surface area contributed by atoms with E-state index < -0.39 is 6.04 Å². The summed E-state index contributed by atoms with van der Waals surface area (Å²) in [5, 5.41) is 10.2. The maximum atomic E-state index is 12.5. The molecule has 2 rings (SSSR count). The van der Waals surface area contributed by atoms with Crippen molar-refractivity contribution in [1.82, 2.24) is 9.96 Å². The van der Waals surface area contributed by atoms with Crippen LogP contribution in [0.5, 0.6) is 0 Å². The molecule has 1 aromatic carbocycles. The van der Waals surface area contributed by atoms with Gasteiger partial charge in [0.15, 0.2) is 0 Å². The van der Waals surface area contributed by atoms with Gasteiger partial charge in [0.2, 0.25) is 12.3 Å². The van der Waals surface area contributed by atoms with Crippen LogP contribution in [0.4, 0.5) is 0 Å². The van der Waals surface area contributed by atoms with Crippen LogP contribution in [-0.2, 0) is 16.0 Å². The van der Waals surface area contributed by atoms with Gasteiger partial charge in [0, 0.05) is 19.5 Å². The Bertz CT molecular complexity index is 444. The largest absolute Gasteiger partial charge is 0.341 e. The molecule has 1 saturated heterocycles. The van der Waals surface area contributed by atoms with Gasteiger partial charge in [0.1, 0.15) is 6.04 Å². The van der Waals surface area contributed by atoms with Gasteiger partial charge in [-0.2, -0.15) is 0 Å². The average molecular weight is 276 g/mol. The van der Waals surface area contributed by atoms with Crippen LogP contribution in [0, 0.1) is 0 Å². The molecule has 20 heavy (non-hydrogen) atoms. The molecular weight excluding hydrogens is 256 g/mol. The van der Waals surface area contributed by atoms with E-state index in [2.05, 4.69) is 0 Å². The minimum absolute atomic E-state index is 0.178. The Kier molecular flexibility index (Phi) is 5.12. The summed E-state index contributed by atoms with van der Waals surface area (Å²) in [5.74, 6) is -0.178. The minimum atomic E-state index is -0.840. The van der Waals surface area contributed by atoms with Gasteiger partial charge in [-0.1, -0.05) is 30.3 Å².